The van der Waals surface area contributed by atoms with E-state index in [4.69, 9.17) is 32.7 Å². The molecule has 5 nitrogen and oxygen atoms in total. The van der Waals surface area contributed by atoms with Crippen molar-refractivity contribution in [1.29, 1.82) is 0 Å². The molecule has 0 radical (unpaired) electrons. The number of hydrogen-bond acceptors (Lipinski definition) is 4. The van der Waals surface area contributed by atoms with Crippen LogP contribution in [0.5, 0.6) is 5.75 Å². The van der Waals surface area contributed by atoms with Crippen LogP contribution in [0.25, 0.3) is 0 Å². The molecule has 1 atom stereocenters. The zero-order valence-corrected chi connectivity index (χ0v) is 14.6. The van der Waals surface area contributed by atoms with Gasteiger partial charge < -0.3 is 14.4 Å². The molecular formula is C16H19Cl2NO4. The zero-order chi connectivity index (χ0) is 17.0. The number of carbonyl (C=O) groups is 2. The molecule has 0 N–H and O–H groups in total. The third-order valence-electron chi connectivity index (χ3n) is 3.91. The van der Waals surface area contributed by atoms with E-state index in [1.54, 1.807) is 30.0 Å². The molecule has 1 aliphatic heterocycles. The zero-order valence-electron chi connectivity index (χ0n) is 13.1. The molecule has 0 aromatic heterocycles. The van der Waals surface area contributed by atoms with Crippen LogP contribution in [0, 0.1) is 5.92 Å². The minimum atomic E-state index is -0.680. The normalized spacial score (nSPS) is 16.8. The van der Waals surface area contributed by atoms with E-state index in [0.29, 0.717) is 41.7 Å². The number of piperidine rings is 1. The highest BCUT2D eigenvalue weighted by atomic mass is 35.5. The van der Waals surface area contributed by atoms with Gasteiger partial charge in [-0.2, -0.15) is 0 Å². The Hall–Kier alpha value is -1.46. The van der Waals surface area contributed by atoms with Crippen molar-refractivity contribution in [2.75, 3.05) is 20.2 Å². The van der Waals surface area contributed by atoms with Crippen molar-refractivity contribution >= 4 is 35.1 Å². The molecule has 1 fully saturated rings. The summed E-state index contributed by atoms with van der Waals surface area (Å²) < 4.78 is 10.4. The number of amides is 1. The Morgan fingerprint density at radius 2 is 1.91 bits per heavy atom. The lowest BCUT2D eigenvalue weighted by Crippen LogP contribution is -2.45. The van der Waals surface area contributed by atoms with Crippen molar-refractivity contribution in [1.82, 2.24) is 4.90 Å². The molecule has 1 aliphatic rings. The Kier molecular flexibility index (Phi) is 6.13. The Labute approximate surface area is 145 Å². The quantitative estimate of drug-likeness (QED) is 0.774. The third-order valence-corrected chi connectivity index (χ3v) is 4.71. The first-order valence-electron chi connectivity index (χ1n) is 7.41. The van der Waals surface area contributed by atoms with Gasteiger partial charge in [-0.25, -0.2) is 0 Å². The van der Waals surface area contributed by atoms with Gasteiger partial charge >= 0.3 is 5.97 Å². The number of rotatable bonds is 4. The monoisotopic (exact) mass is 359 g/mol. The second-order valence-corrected chi connectivity index (χ2v) is 6.22. The molecule has 2 rings (SSSR count). The van der Waals surface area contributed by atoms with E-state index in [9.17, 15) is 9.59 Å². The molecule has 1 heterocycles. The highest BCUT2D eigenvalue weighted by Crippen LogP contribution is 2.32. The molecule has 23 heavy (non-hydrogen) atoms. The van der Waals surface area contributed by atoms with Gasteiger partial charge in [0.15, 0.2) is 6.10 Å². The SMILES string of the molecule is COC(=O)C1CCN(C(=O)C(C)Oc2cccc(Cl)c2Cl)CC1. The average Bonchev–Trinajstić information content (AvgIpc) is 2.57. The van der Waals surface area contributed by atoms with Gasteiger partial charge in [0.1, 0.15) is 10.8 Å². The summed E-state index contributed by atoms with van der Waals surface area (Å²) >= 11 is 12.0. The minimum Gasteiger partial charge on any atom is -0.479 e. The average molecular weight is 360 g/mol. The first-order chi connectivity index (χ1) is 10.9. The van der Waals surface area contributed by atoms with Crippen LogP contribution < -0.4 is 4.74 Å². The van der Waals surface area contributed by atoms with Crippen LogP contribution in [-0.4, -0.2) is 43.1 Å². The molecule has 0 bridgehead atoms. The summed E-state index contributed by atoms with van der Waals surface area (Å²) in [5.74, 6) is -0.108. The molecule has 1 aromatic rings. The van der Waals surface area contributed by atoms with Crippen LogP contribution in [0.2, 0.25) is 10.0 Å². The van der Waals surface area contributed by atoms with Crippen molar-refractivity contribution in [2.45, 2.75) is 25.9 Å². The summed E-state index contributed by atoms with van der Waals surface area (Å²) in [5.41, 5.74) is 0. The smallest absolute Gasteiger partial charge is 0.308 e. The number of methoxy groups -OCH3 is 1. The Bertz CT molecular complexity index is 585. The van der Waals surface area contributed by atoms with E-state index in [-0.39, 0.29) is 17.8 Å². The van der Waals surface area contributed by atoms with Gasteiger partial charge in [0, 0.05) is 13.1 Å². The highest BCUT2D eigenvalue weighted by Gasteiger charge is 2.30. The number of esters is 1. The van der Waals surface area contributed by atoms with Gasteiger partial charge in [0.25, 0.3) is 5.91 Å². The Morgan fingerprint density at radius 3 is 2.52 bits per heavy atom. The lowest BCUT2D eigenvalue weighted by molar-refractivity contribution is -0.150. The molecule has 0 spiro atoms. The third kappa shape index (κ3) is 4.30. The largest absolute Gasteiger partial charge is 0.479 e. The lowest BCUT2D eigenvalue weighted by atomic mass is 9.97. The lowest BCUT2D eigenvalue weighted by Gasteiger charge is -2.32. The molecule has 1 saturated heterocycles. The van der Waals surface area contributed by atoms with Crippen LogP contribution in [0.3, 0.4) is 0 Å². The molecule has 126 valence electrons. The van der Waals surface area contributed by atoms with E-state index in [1.165, 1.54) is 7.11 Å². The maximum atomic E-state index is 12.5. The van der Waals surface area contributed by atoms with Crippen LogP contribution in [0.1, 0.15) is 19.8 Å². The van der Waals surface area contributed by atoms with E-state index in [2.05, 4.69) is 0 Å². The molecule has 1 unspecified atom stereocenters. The molecule has 0 saturated carbocycles. The van der Waals surface area contributed by atoms with E-state index >= 15 is 0 Å². The number of likely N-dealkylation sites (tertiary alicyclic amines) is 1. The van der Waals surface area contributed by atoms with Crippen molar-refractivity contribution in [2.24, 2.45) is 5.92 Å². The number of carbonyl (C=O) groups excluding carboxylic acids is 2. The predicted octanol–water partition coefficient (Wildman–Crippen LogP) is 3.17. The van der Waals surface area contributed by atoms with E-state index in [1.807, 2.05) is 0 Å². The fourth-order valence-corrected chi connectivity index (χ4v) is 2.91. The van der Waals surface area contributed by atoms with E-state index < -0.39 is 6.10 Å². The van der Waals surface area contributed by atoms with Crippen molar-refractivity contribution in [3.63, 3.8) is 0 Å². The number of benzene rings is 1. The fourth-order valence-electron chi connectivity index (χ4n) is 2.58. The minimum absolute atomic E-state index is 0.135. The van der Waals surface area contributed by atoms with Crippen LogP contribution >= 0.6 is 23.2 Å². The highest BCUT2D eigenvalue weighted by molar-refractivity contribution is 6.42. The summed E-state index contributed by atoms with van der Waals surface area (Å²) in [7, 11) is 1.38. The number of nitrogens with zero attached hydrogens (tertiary/aromatic N) is 1. The number of ether oxygens (including phenoxy) is 2. The van der Waals surface area contributed by atoms with Gasteiger partial charge in [-0.05, 0) is 31.9 Å². The van der Waals surface area contributed by atoms with Gasteiger partial charge in [0.05, 0.1) is 18.1 Å². The standard InChI is InChI=1S/C16H19Cl2NO4/c1-10(23-13-5-3-4-12(17)14(13)18)15(20)19-8-6-11(7-9-19)16(21)22-2/h3-5,10-11H,6-9H2,1-2H3. The van der Waals surface area contributed by atoms with E-state index in [0.717, 1.165) is 0 Å². The van der Waals surface area contributed by atoms with Crippen molar-refractivity contribution < 1.29 is 19.1 Å². The summed E-state index contributed by atoms with van der Waals surface area (Å²) in [4.78, 5) is 25.7. The Balaban J connectivity index is 1.93. The number of halogens is 2. The van der Waals surface area contributed by atoms with Gasteiger partial charge in [-0.15, -0.1) is 0 Å². The first kappa shape index (κ1) is 17.9. The molecule has 0 aliphatic carbocycles. The van der Waals surface area contributed by atoms with Crippen molar-refractivity contribution in [3.05, 3.63) is 28.2 Å². The maximum Gasteiger partial charge on any atom is 0.308 e. The van der Waals surface area contributed by atoms with Crippen LogP contribution in [0.4, 0.5) is 0 Å². The second-order valence-electron chi connectivity index (χ2n) is 5.43. The summed E-state index contributed by atoms with van der Waals surface area (Å²) in [6.45, 7) is 2.69. The molecule has 1 aromatic carbocycles. The van der Waals surface area contributed by atoms with Crippen molar-refractivity contribution in [3.8, 4) is 5.75 Å². The van der Waals surface area contributed by atoms with Gasteiger partial charge in [-0.3, -0.25) is 9.59 Å². The van der Waals surface area contributed by atoms with Crippen LogP contribution in [-0.2, 0) is 14.3 Å². The summed E-state index contributed by atoms with van der Waals surface area (Å²) in [6, 6.07) is 5.03. The predicted molar refractivity (Wildman–Crippen MR) is 87.9 cm³/mol. The van der Waals surface area contributed by atoms with Gasteiger partial charge in [0.2, 0.25) is 0 Å². The maximum absolute atomic E-state index is 12.5. The summed E-state index contributed by atoms with van der Waals surface area (Å²) in [6.07, 6.45) is 0.521. The topological polar surface area (TPSA) is 55.8 Å². The van der Waals surface area contributed by atoms with Gasteiger partial charge in [-0.1, -0.05) is 29.3 Å². The molecular weight excluding hydrogens is 341 g/mol. The molecule has 7 heteroatoms. The first-order valence-corrected chi connectivity index (χ1v) is 8.17. The Morgan fingerprint density at radius 1 is 1.26 bits per heavy atom. The fraction of sp³-hybridized carbons (Fsp3) is 0.500. The second kappa shape index (κ2) is 7.88. The van der Waals surface area contributed by atoms with Crippen LogP contribution in [0.15, 0.2) is 18.2 Å². The summed E-state index contributed by atoms with van der Waals surface area (Å²) in [5, 5.41) is 0.668. The molecule has 1 amide bonds. The number of hydrogen-bond donors (Lipinski definition) is 0.